The molecule has 4 atom stereocenters. The van der Waals surface area contributed by atoms with Gasteiger partial charge in [0.1, 0.15) is 11.9 Å². The zero-order valence-electron chi connectivity index (χ0n) is 21.2. The number of carbonyl (C=O) groups is 1. The molecule has 3 aliphatic rings. The molecule has 0 saturated carbocycles. The smallest absolute Gasteiger partial charge is 0.416 e. The van der Waals surface area contributed by atoms with E-state index in [1.807, 2.05) is 0 Å². The Balaban J connectivity index is 1.57. The first-order valence-electron chi connectivity index (χ1n) is 12.7. The third-order valence-electron chi connectivity index (χ3n) is 7.75. The van der Waals surface area contributed by atoms with Gasteiger partial charge in [-0.05, 0) is 73.2 Å². The van der Waals surface area contributed by atoms with Crippen LogP contribution in [0.5, 0.6) is 0 Å². The minimum atomic E-state index is -5.11. The third-order valence-corrected chi connectivity index (χ3v) is 7.98. The quantitative estimate of drug-likeness (QED) is 0.317. The fourth-order valence-corrected chi connectivity index (χ4v) is 6.11. The first-order valence-corrected chi connectivity index (χ1v) is 13.0. The van der Waals surface area contributed by atoms with Crippen molar-refractivity contribution in [2.45, 2.75) is 62.4 Å². The third kappa shape index (κ3) is 5.71. The van der Waals surface area contributed by atoms with Crippen LogP contribution < -0.4 is 0 Å². The molecule has 2 fully saturated rings. The van der Waals surface area contributed by atoms with Gasteiger partial charge in [-0.2, -0.15) is 39.5 Å². The second-order valence-electron chi connectivity index (χ2n) is 10.3. The number of allylic oxidation sites excluding steroid dienone is 3. The Morgan fingerprint density at radius 1 is 0.857 bits per heavy atom. The zero-order chi connectivity index (χ0) is 30.8. The Labute approximate surface area is 237 Å². The van der Waals surface area contributed by atoms with E-state index in [2.05, 4.69) is 0 Å². The molecule has 42 heavy (non-hydrogen) atoms. The summed E-state index contributed by atoms with van der Waals surface area (Å²) in [5.74, 6) is -2.32. The molecule has 3 nitrogen and oxygen atoms in total. The molecule has 2 aromatic carbocycles. The molecule has 0 N–H and O–H groups in total. The van der Waals surface area contributed by atoms with Gasteiger partial charge in [-0.15, -0.1) is 0 Å². The van der Waals surface area contributed by atoms with Crippen molar-refractivity contribution in [3.8, 4) is 11.1 Å². The van der Waals surface area contributed by atoms with E-state index in [0.29, 0.717) is 6.08 Å². The van der Waals surface area contributed by atoms with Crippen LogP contribution >= 0.6 is 11.6 Å². The summed E-state index contributed by atoms with van der Waals surface area (Å²) < 4.78 is 143. The van der Waals surface area contributed by atoms with Crippen LogP contribution in [0, 0.1) is 11.7 Å². The number of cyclic esters (lactones) is 1. The highest BCUT2D eigenvalue weighted by Crippen LogP contribution is 2.49. The first kappa shape index (κ1) is 30.2. The lowest BCUT2D eigenvalue weighted by atomic mass is 9.79. The molecular weight excluding hydrogens is 608 g/mol. The summed E-state index contributed by atoms with van der Waals surface area (Å²) in [6.45, 7) is 0. The minimum absolute atomic E-state index is 0.0101. The number of alkyl halides is 9. The van der Waals surface area contributed by atoms with Crippen molar-refractivity contribution in [1.29, 1.82) is 0 Å². The predicted molar refractivity (Wildman–Crippen MR) is 131 cm³/mol. The molecule has 2 aromatic rings. The van der Waals surface area contributed by atoms with E-state index in [1.165, 1.54) is 12.1 Å². The van der Waals surface area contributed by atoms with Gasteiger partial charge < -0.3 is 4.74 Å². The summed E-state index contributed by atoms with van der Waals surface area (Å²) >= 11 is 6.01. The van der Waals surface area contributed by atoms with Crippen molar-refractivity contribution in [2.24, 2.45) is 5.92 Å². The minimum Gasteiger partial charge on any atom is -0.443 e. The van der Waals surface area contributed by atoms with Crippen LogP contribution in [0.15, 0.2) is 59.7 Å². The molecule has 0 radical (unpaired) electrons. The number of halogens is 11. The lowest BCUT2D eigenvalue weighted by Crippen LogP contribution is -2.45. The van der Waals surface area contributed by atoms with Crippen molar-refractivity contribution in [3.63, 3.8) is 0 Å². The second-order valence-corrected chi connectivity index (χ2v) is 10.8. The topological polar surface area (TPSA) is 29.5 Å². The molecule has 1 unspecified atom stereocenters. The first-order chi connectivity index (χ1) is 19.4. The average molecular weight is 628 g/mol. The molecule has 0 bridgehead atoms. The Hall–Kier alpha value is -3.22. The van der Waals surface area contributed by atoms with Crippen molar-refractivity contribution in [1.82, 2.24) is 4.90 Å². The molecule has 0 spiro atoms. The average Bonchev–Trinajstić information content (AvgIpc) is 3.24. The Morgan fingerprint density at radius 2 is 1.57 bits per heavy atom. The normalized spacial score (nSPS) is 25.1. The molecule has 1 amide bonds. The number of fused-ring (bicyclic) bond motifs is 1. The van der Waals surface area contributed by atoms with Gasteiger partial charge >= 0.3 is 24.6 Å². The van der Waals surface area contributed by atoms with Crippen molar-refractivity contribution in [3.05, 3.63) is 81.7 Å². The van der Waals surface area contributed by atoms with Crippen molar-refractivity contribution >= 4 is 17.7 Å². The largest absolute Gasteiger partial charge is 0.443 e. The summed E-state index contributed by atoms with van der Waals surface area (Å²) in [5, 5.41) is 0.0810. The summed E-state index contributed by atoms with van der Waals surface area (Å²) in [5.41, 5.74) is -4.35. The van der Waals surface area contributed by atoms with Gasteiger partial charge in [-0.1, -0.05) is 23.7 Å². The number of nitrogens with zero attached hydrogens (tertiary/aromatic N) is 1. The van der Waals surface area contributed by atoms with E-state index in [1.54, 1.807) is 0 Å². The van der Waals surface area contributed by atoms with E-state index < -0.39 is 77.7 Å². The second kappa shape index (κ2) is 10.5. The maximum absolute atomic E-state index is 14.9. The van der Waals surface area contributed by atoms with Gasteiger partial charge in [0.2, 0.25) is 0 Å². The number of carbonyl (C=O) groups excluding carboxylic acids is 1. The molecule has 2 heterocycles. The molecular formula is C28H20ClF10NO2. The van der Waals surface area contributed by atoms with Gasteiger partial charge in [0.25, 0.3) is 0 Å². The van der Waals surface area contributed by atoms with Gasteiger partial charge in [0, 0.05) is 22.1 Å². The molecule has 2 aliphatic heterocycles. The predicted octanol–water partition coefficient (Wildman–Crippen LogP) is 9.58. The maximum atomic E-state index is 14.9. The monoisotopic (exact) mass is 627 g/mol. The molecule has 226 valence electrons. The Kier molecular flexibility index (Phi) is 7.56. The van der Waals surface area contributed by atoms with Crippen LogP contribution in [0.2, 0.25) is 5.02 Å². The lowest BCUT2D eigenvalue weighted by Gasteiger charge is -2.39. The number of hydrogen-bond acceptors (Lipinski definition) is 2. The summed E-state index contributed by atoms with van der Waals surface area (Å²) in [6.07, 6.45) is -17.4. The standard InChI is InChI=1S/C28H20ClF10NO2/c29-17-5-7-21(30)19(12-17)18-6-4-14(26(31,32)33)11-20(18)22-2-1-3-23-24(42-25(41)40(22)23)13-8-15(27(34,35)36)10-16(9-13)28(37,38)39/h4-8,10-13,22-24H,1-3,9H2/t13?,22-,23-,24+/m0/s1. The van der Waals surface area contributed by atoms with E-state index in [-0.39, 0.29) is 47.1 Å². The van der Waals surface area contributed by atoms with E-state index >= 15 is 0 Å². The Morgan fingerprint density at radius 3 is 2.21 bits per heavy atom. The SMILES string of the molecule is O=C1O[C@H](C2C=C(C(F)(F)F)C=C(C(F)(F)F)C2)[C@@H]2CCC[C@@H](c3cc(C(F)(F)F)ccc3-c3cc(Cl)ccc3F)N12. The van der Waals surface area contributed by atoms with Gasteiger partial charge in [0.05, 0.1) is 23.2 Å². The highest BCUT2D eigenvalue weighted by atomic mass is 35.5. The molecule has 0 aromatic heterocycles. The van der Waals surface area contributed by atoms with Gasteiger partial charge in [-0.25, -0.2) is 9.18 Å². The number of ether oxygens (including phenoxy) is 1. The van der Waals surface area contributed by atoms with Gasteiger partial charge in [0.15, 0.2) is 0 Å². The Bertz CT molecular complexity index is 1460. The van der Waals surface area contributed by atoms with Crippen LogP contribution in [-0.4, -0.2) is 35.5 Å². The number of benzene rings is 2. The maximum Gasteiger partial charge on any atom is 0.416 e. The fraction of sp³-hybridized carbons (Fsp3) is 0.393. The number of amides is 1. The van der Waals surface area contributed by atoms with Crippen molar-refractivity contribution in [2.75, 3.05) is 0 Å². The highest BCUT2D eigenvalue weighted by molar-refractivity contribution is 6.30. The zero-order valence-corrected chi connectivity index (χ0v) is 21.9. The van der Waals surface area contributed by atoms with Crippen LogP contribution in [0.25, 0.3) is 11.1 Å². The van der Waals surface area contributed by atoms with Crippen LogP contribution in [0.1, 0.15) is 42.9 Å². The molecule has 1 aliphatic carbocycles. The highest BCUT2D eigenvalue weighted by Gasteiger charge is 2.53. The number of rotatable bonds is 3. The summed E-state index contributed by atoms with van der Waals surface area (Å²) in [7, 11) is 0. The fourth-order valence-electron chi connectivity index (χ4n) is 5.94. The van der Waals surface area contributed by atoms with E-state index in [0.717, 1.165) is 29.2 Å². The van der Waals surface area contributed by atoms with Gasteiger partial charge in [-0.3, -0.25) is 4.90 Å². The molecule has 14 heteroatoms. The van der Waals surface area contributed by atoms with Crippen LogP contribution in [0.3, 0.4) is 0 Å². The van der Waals surface area contributed by atoms with Crippen LogP contribution in [0.4, 0.5) is 48.7 Å². The summed E-state index contributed by atoms with van der Waals surface area (Å²) in [4.78, 5) is 14.2. The lowest BCUT2D eigenvalue weighted by molar-refractivity contribution is -0.137. The van der Waals surface area contributed by atoms with Crippen molar-refractivity contribution < 1.29 is 53.4 Å². The number of hydrogen-bond donors (Lipinski definition) is 0. The van der Waals surface area contributed by atoms with E-state index in [9.17, 15) is 48.7 Å². The van der Waals surface area contributed by atoms with Crippen LogP contribution in [-0.2, 0) is 10.9 Å². The summed E-state index contributed by atoms with van der Waals surface area (Å²) in [6, 6.07) is 3.79. The number of piperidine rings is 1. The molecule has 5 rings (SSSR count). The molecule has 2 saturated heterocycles. The van der Waals surface area contributed by atoms with E-state index in [4.69, 9.17) is 16.3 Å².